The normalized spacial score (nSPS) is 24.2. The van der Waals surface area contributed by atoms with Crippen LogP contribution in [0.15, 0.2) is 18.3 Å². The Labute approximate surface area is 122 Å². The molecule has 1 aromatic rings. The average molecular weight is 274 g/mol. The first-order valence-corrected chi connectivity index (χ1v) is 8.01. The summed E-state index contributed by atoms with van der Waals surface area (Å²) in [5, 5.41) is 0. The Morgan fingerprint density at radius 1 is 1.15 bits per heavy atom. The maximum absolute atomic E-state index is 5.58. The Kier molecular flexibility index (Phi) is 4.53. The Morgan fingerprint density at radius 2 is 2.00 bits per heavy atom. The molecule has 0 amide bonds. The van der Waals surface area contributed by atoms with E-state index in [0.29, 0.717) is 6.54 Å². The van der Waals surface area contributed by atoms with E-state index in [2.05, 4.69) is 26.9 Å². The van der Waals surface area contributed by atoms with Gasteiger partial charge in [-0.1, -0.05) is 12.5 Å². The van der Waals surface area contributed by atoms with Crippen LogP contribution in [0.25, 0.3) is 0 Å². The third-order valence-electron chi connectivity index (χ3n) is 4.64. The maximum Gasteiger partial charge on any atom is 0.128 e. The molecule has 1 unspecified atom stereocenters. The van der Waals surface area contributed by atoms with Gasteiger partial charge in [-0.05, 0) is 56.9 Å². The first-order valence-electron chi connectivity index (χ1n) is 8.01. The molecule has 0 saturated carbocycles. The second kappa shape index (κ2) is 6.55. The van der Waals surface area contributed by atoms with Crippen molar-refractivity contribution in [1.82, 2.24) is 9.88 Å². The fourth-order valence-corrected chi connectivity index (χ4v) is 3.45. The molecular formula is C16H26N4. The minimum absolute atomic E-state index is 0.696. The molecule has 1 aromatic heterocycles. The van der Waals surface area contributed by atoms with Crippen LogP contribution in [0.2, 0.25) is 0 Å². The third-order valence-corrected chi connectivity index (χ3v) is 4.64. The van der Waals surface area contributed by atoms with Crippen molar-refractivity contribution in [2.45, 2.75) is 38.1 Å². The van der Waals surface area contributed by atoms with Crippen LogP contribution in [0.5, 0.6) is 0 Å². The molecular weight excluding hydrogens is 248 g/mol. The van der Waals surface area contributed by atoms with Crippen molar-refractivity contribution in [3.8, 4) is 0 Å². The number of hydrogen-bond acceptors (Lipinski definition) is 4. The number of nitrogens with zero attached hydrogens (tertiary/aromatic N) is 3. The van der Waals surface area contributed by atoms with Gasteiger partial charge in [0.25, 0.3) is 0 Å². The predicted molar refractivity (Wildman–Crippen MR) is 83.0 cm³/mol. The predicted octanol–water partition coefficient (Wildman–Crippen LogP) is 1.65. The number of hydrogen-bond donors (Lipinski definition) is 1. The Hall–Kier alpha value is -1.13. The summed E-state index contributed by atoms with van der Waals surface area (Å²) in [5.41, 5.74) is 6.82. The van der Waals surface area contributed by atoms with Crippen molar-refractivity contribution < 1.29 is 0 Å². The molecule has 3 heterocycles. The highest BCUT2D eigenvalue weighted by Gasteiger charge is 2.28. The summed E-state index contributed by atoms with van der Waals surface area (Å²) in [6.07, 6.45) is 8.36. The van der Waals surface area contributed by atoms with Crippen LogP contribution in [0.3, 0.4) is 0 Å². The standard InChI is InChI=1S/C16H26N4/c17-8-6-14-4-5-16(18-12-14)20-11-7-15(13-20)19-9-2-1-3-10-19/h4-5,12,15H,1-3,6-11,13,17H2. The fraction of sp³-hybridized carbons (Fsp3) is 0.688. The van der Waals surface area contributed by atoms with Crippen molar-refractivity contribution >= 4 is 5.82 Å². The Bertz CT molecular complexity index is 411. The molecule has 0 bridgehead atoms. The lowest BCUT2D eigenvalue weighted by Gasteiger charge is -2.32. The number of likely N-dealkylation sites (tertiary alicyclic amines) is 1. The van der Waals surface area contributed by atoms with E-state index in [1.807, 2.05) is 6.20 Å². The fourth-order valence-electron chi connectivity index (χ4n) is 3.45. The van der Waals surface area contributed by atoms with Gasteiger partial charge in [-0.25, -0.2) is 4.98 Å². The topological polar surface area (TPSA) is 45.4 Å². The van der Waals surface area contributed by atoms with Gasteiger partial charge in [0, 0.05) is 25.3 Å². The van der Waals surface area contributed by atoms with Gasteiger partial charge < -0.3 is 10.6 Å². The SMILES string of the molecule is NCCc1ccc(N2CCC(N3CCCCC3)C2)nc1. The zero-order valence-corrected chi connectivity index (χ0v) is 12.3. The van der Waals surface area contributed by atoms with Gasteiger partial charge in [-0.15, -0.1) is 0 Å². The van der Waals surface area contributed by atoms with Crippen LogP contribution in [0, 0.1) is 0 Å². The number of rotatable bonds is 4. The maximum atomic E-state index is 5.58. The second-order valence-corrected chi connectivity index (χ2v) is 6.05. The van der Waals surface area contributed by atoms with E-state index in [1.165, 1.54) is 44.3 Å². The second-order valence-electron chi connectivity index (χ2n) is 6.05. The molecule has 2 saturated heterocycles. The van der Waals surface area contributed by atoms with Crippen molar-refractivity contribution in [2.24, 2.45) is 5.73 Å². The van der Waals surface area contributed by atoms with Crippen LogP contribution >= 0.6 is 0 Å². The summed E-state index contributed by atoms with van der Waals surface area (Å²) >= 11 is 0. The summed E-state index contributed by atoms with van der Waals surface area (Å²) in [4.78, 5) is 9.73. The van der Waals surface area contributed by atoms with Crippen molar-refractivity contribution in [1.29, 1.82) is 0 Å². The summed E-state index contributed by atoms with van der Waals surface area (Å²) in [6, 6.07) is 5.06. The Balaban J connectivity index is 1.58. The number of aromatic nitrogens is 1. The molecule has 0 aliphatic carbocycles. The van der Waals surface area contributed by atoms with Gasteiger partial charge in [-0.2, -0.15) is 0 Å². The highest BCUT2D eigenvalue weighted by atomic mass is 15.3. The van der Waals surface area contributed by atoms with Crippen LogP contribution in [-0.4, -0.2) is 48.6 Å². The van der Waals surface area contributed by atoms with E-state index in [4.69, 9.17) is 5.73 Å². The van der Waals surface area contributed by atoms with E-state index in [-0.39, 0.29) is 0 Å². The number of nitrogens with two attached hydrogens (primary N) is 1. The number of pyridine rings is 1. The Morgan fingerprint density at radius 3 is 2.70 bits per heavy atom. The third kappa shape index (κ3) is 3.13. The lowest BCUT2D eigenvalue weighted by molar-refractivity contribution is 0.175. The van der Waals surface area contributed by atoms with Crippen LogP contribution in [-0.2, 0) is 6.42 Å². The van der Waals surface area contributed by atoms with Gasteiger partial charge in [0.15, 0.2) is 0 Å². The van der Waals surface area contributed by atoms with Crippen molar-refractivity contribution in [3.63, 3.8) is 0 Å². The molecule has 0 radical (unpaired) electrons. The molecule has 2 fully saturated rings. The molecule has 20 heavy (non-hydrogen) atoms. The first-order chi connectivity index (χ1) is 9.86. The highest BCUT2D eigenvalue weighted by Crippen LogP contribution is 2.23. The number of piperidine rings is 1. The van der Waals surface area contributed by atoms with Gasteiger partial charge >= 0.3 is 0 Å². The molecule has 2 aliphatic heterocycles. The minimum atomic E-state index is 0.696. The monoisotopic (exact) mass is 274 g/mol. The van der Waals surface area contributed by atoms with Crippen molar-refractivity contribution in [2.75, 3.05) is 37.6 Å². The molecule has 4 nitrogen and oxygen atoms in total. The van der Waals surface area contributed by atoms with Crippen LogP contribution < -0.4 is 10.6 Å². The van der Waals surface area contributed by atoms with E-state index in [0.717, 1.165) is 31.4 Å². The van der Waals surface area contributed by atoms with Gasteiger partial charge in [-0.3, -0.25) is 4.90 Å². The van der Waals surface area contributed by atoms with Gasteiger partial charge in [0.1, 0.15) is 5.82 Å². The van der Waals surface area contributed by atoms with Crippen LogP contribution in [0.4, 0.5) is 5.82 Å². The molecule has 0 aromatic carbocycles. The van der Waals surface area contributed by atoms with Crippen LogP contribution in [0.1, 0.15) is 31.2 Å². The zero-order valence-electron chi connectivity index (χ0n) is 12.3. The average Bonchev–Trinajstić information content (AvgIpc) is 2.99. The lowest BCUT2D eigenvalue weighted by Crippen LogP contribution is -2.40. The zero-order chi connectivity index (χ0) is 13.8. The minimum Gasteiger partial charge on any atom is -0.355 e. The molecule has 3 rings (SSSR count). The van der Waals surface area contributed by atoms with E-state index < -0.39 is 0 Å². The van der Waals surface area contributed by atoms with E-state index in [1.54, 1.807) is 0 Å². The van der Waals surface area contributed by atoms with Gasteiger partial charge in [0.2, 0.25) is 0 Å². The molecule has 2 aliphatic rings. The highest BCUT2D eigenvalue weighted by molar-refractivity contribution is 5.41. The summed E-state index contributed by atoms with van der Waals surface area (Å²) < 4.78 is 0. The lowest BCUT2D eigenvalue weighted by atomic mass is 10.1. The largest absolute Gasteiger partial charge is 0.355 e. The molecule has 0 spiro atoms. The molecule has 110 valence electrons. The number of anilines is 1. The quantitative estimate of drug-likeness (QED) is 0.907. The molecule has 4 heteroatoms. The summed E-state index contributed by atoms with van der Waals surface area (Å²) in [7, 11) is 0. The summed E-state index contributed by atoms with van der Waals surface area (Å²) in [5.74, 6) is 1.13. The van der Waals surface area contributed by atoms with E-state index >= 15 is 0 Å². The molecule has 1 atom stereocenters. The summed E-state index contributed by atoms with van der Waals surface area (Å²) in [6.45, 7) is 5.57. The first kappa shape index (κ1) is 13.8. The smallest absolute Gasteiger partial charge is 0.128 e. The molecule has 2 N–H and O–H groups in total. The van der Waals surface area contributed by atoms with E-state index in [9.17, 15) is 0 Å². The van der Waals surface area contributed by atoms with Gasteiger partial charge in [0.05, 0.1) is 0 Å². The van der Waals surface area contributed by atoms with Crippen molar-refractivity contribution in [3.05, 3.63) is 23.9 Å².